The molecule has 5 heterocycles. The van der Waals surface area contributed by atoms with Crippen LogP contribution in [0.1, 0.15) is 17.8 Å². The standard InChI is InChI=1S/C25H20Cl2F2N8/c1-35-22(7-8-31-35)32-21-12-16(19(27)13-30-21)15-11-20-23-33-34-24(37(23)10-4-9-36(20)14-15)25(28,29)17-5-2-3-6-18(17)26/h2-3,5-8,11-14H,4,9-10H2,1H3,(H,30,32). The lowest BCUT2D eigenvalue weighted by atomic mass is 10.1. The summed E-state index contributed by atoms with van der Waals surface area (Å²) in [6.07, 6.45) is 5.82. The molecule has 0 bridgehead atoms. The highest BCUT2D eigenvalue weighted by Crippen LogP contribution is 2.41. The number of fused-ring (bicyclic) bond motifs is 3. The second kappa shape index (κ2) is 8.97. The van der Waals surface area contributed by atoms with Gasteiger partial charge in [0.15, 0.2) is 5.82 Å². The molecule has 0 saturated carbocycles. The van der Waals surface area contributed by atoms with Gasteiger partial charge in [0, 0.05) is 55.3 Å². The van der Waals surface area contributed by atoms with Gasteiger partial charge in [-0.3, -0.25) is 4.68 Å². The minimum absolute atomic E-state index is 0.0213. The first-order valence-corrected chi connectivity index (χ1v) is 12.3. The quantitative estimate of drug-likeness (QED) is 0.290. The van der Waals surface area contributed by atoms with Gasteiger partial charge in [0.05, 0.1) is 21.9 Å². The van der Waals surface area contributed by atoms with E-state index >= 15 is 8.78 Å². The number of nitrogens with one attached hydrogen (secondary N) is 1. The summed E-state index contributed by atoms with van der Waals surface area (Å²) in [5.74, 6) is -2.11. The molecule has 0 spiro atoms. The van der Waals surface area contributed by atoms with Crippen molar-refractivity contribution < 1.29 is 8.78 Å². The van der Waals surface area contributed by atoms with E-state index in [-0.39, 0.29) is 10.6 Å². The van der Waals surface area contributed by atoms with Crippen molar-refractivity contribution in [1.82, 2.24) is 34.1 Å². The zero-order chi connectivity index (χ0) is 25.7. The van der Waals surface area contributed by atoms with Gasteiger partial charge in [0.25, 0.3) is 0 Å². The molecule has 37 heavy (non-hydrogen) atoms. The van der Waals surface area contributed by atoms with Crippen molar-refractivity contribution in [2.24, 2.45) is 7.05 Å². The fourth-order valence-electron chi connectivity index (χ4n) is 4.56. The Balaban J connectivity index is 1.40. The molecule has 0 fully saturated rings. The molecule has 1 aliphatic heterocycles. The maximum absolute atomic E-state index is 15.6. The van der Waals surface area contributed by atoms with E-state index in [2.05, 4.69) is 25.6 Å². The molecular weight excluding hydrogens is 521 g/mol. The van der Waals surface area contributed by atoms with Crippen LogP contribution in [-0.2, 0) is 26.1 Å². The van der Waals surface area contributed by atoms with Crippen LogP contribution in [-0.4, -0.2) is 34.1 Å². The van der Waals surface area contributed by atoms with Crippen LogP contribution in [0.2, 0.25) is 10.0 Å². The Morgan fingerprint density at radius 1 is 1.03 bits per heavy atom. The molecule has 1 aliphatic rings. The molecule has 1 aromatic carbocycles. The van der Waals surface area contributed by atoms with Crippen molar-refractivity contribution in [2.45, 2.75) is 25.4 Å². The summed E-state index contributed by atoms with van der Waals surface area (Å²) >= 11 is 12.6. The summed E-state index contributed by atoms with van der Waals surface area (Å²) in [4.78, 5) is 4.37. The smallest absolute Gasteiger partial charge is 0.333 e. The minimum Gasteiger partial charge on any atom is -0.344 e. The Kier molecular flexibility index (Phi) is 5.73. The SMILES string of the molecule is Cn1nccc1Nc1cc(-c2cc3n(c2)CCCn2c-3nnc2C(F)(F)c2ccccc2Cl)c(Cl)cn1. The number of hydrogen-bond acceptors (Lipinski definition) is 5. The van der Waals surface area contributed by atoms with Gasteiger partial charge in [-0.05, 0) is 24.6 Å². The first kappa shape index (κ1) is 23.6. The molecule has 4 aromatic heterocycles. The Morgan fingerprint density at radius 2 is 1.86 bits per heavy atom. The van der Waals surface area contributed by atoms with Gasteiger partial charge in [-0.1, -0.05) is 41.4 Å². The van der Waals surface area contributed by atoms with Gasteiger partial charge in [0.2, 0.25) is 5.82 Å². The molecule has 0 atom stereocenters. The molecule has 8 nitrogen and oxygen atoms in total. The molecule has 5 aromatic rings. The number of pyridine rings is 1. The molecule has 0 amide bonds. The zero-order valence-electron chi connectivity index (χ0n) is 19.5. The number of aromatic nitrogens is 7. The first-order chi connectivity index (χ1) is 17.8. The highest BCUT2D eigenvalue weighted by Gasteiger charge is 2.42. The van der Waals surface area contributed by atoms with E-state index < -0.39 is 11.7 Å². The van der Waals surface area contributed by atoms with Crippen molar-refractivity contribution in [3.05, 3.63) is 82.5 Å². The number of alkyl halides is 2. The average molecular weight is 541 g/mol. The monoisotopic (exact) mass is 540 g/mol. The van der Waals surface area contributed by atoms with Crippen LogP contribution in [0.3, 0.4) is 0 Å². The Bertz CT molecular complexity index is 1620. The fourth-order valence-corrected chi connectivity index (χ4v) is 5.03. The number of rotatable bonds is 5. The van der Waals surface area contributed by atoms with Crippen molar-refractivity contribution >= 4 is 34.8 Å². The highest BCUT2D eigenvalue weighted by molar-refractivity contribution is 6.33. The minimum atomic E-state index is -3.41. The zero-order valence-corrected chi connectivity index (χ0v) is 21.0. The topological polar surface area (TPSA) is 78.4 Å². The second-order valence-electron chi connectivity index (χ2n) is 8.73. The predicted octanol–water partition coefficient (Wildman–Crippen LogP) is 6.14. The van der Waals surface area contributed by atoms with E-state index in [1.54, 1.807) is 23.1 Å². The molecule has 12 heteroatoms. The third kappa shape index (κ3) is 4.06. The van der Waals surface area contributed by atoms with E-state index in [9.17, 15) is 0 Å². The van der Waals surface area contributed by atoms with Crippen molar-refractivity contribution in [3.63, 3.8) is 0 Å². The Hall–Kier alpha value is -3.76. The first-order valence-electron chi connectivity index (χ1n) is 11.5. The third-order valence-corrected chi connectivity index (χ3v) is 7.02. The summed E-state index contributed by atoms with van der Waals surface area (Å²) < 4.78 is 36.3. The summed E-state index contributed by atoms with van der Waals surface area (Å²) in [6, 6.07) is 11.5. The number of anilines is 2. The lowest BCUT2D eigenvalue weighted by Crippen LogP contribution is -2.22. The van der Waals surface area contributed by atoms with Gasteiger partial charge < -0.3 is 14.5 Å². The van der Waals surface area contributed by atoms with Crippen LogP contribution >= 0.6 is 23.2 Å². The summed E-state index contributed by atoms with van der Waals surface area (Å²) in [5.41, 5.74) is 1.93. The lowest BCUT2D eigenvalue weighted by molar-refractivity contribution is 0.0287. The maximum Gasteiger partial charge on any atom is 0.333 e. The molecule has 0 aliphatic carbocycles. The maximum atomic E-state index is 15.6. The summed E-state index contributed by atoms with van der Waals surface area (Å²) in [7, 11) is 1.82. The molecule has 188 valence electrons. The number of nitrogens with zero attached hydrogens (tertiary/aromatic N) is 7. The van der Waals surface area contributed by atoms with Gasteiger partial charge >= 0.3 is 5.92 Å². The number of hydrogen-bond donors (Lipinski definition) is 1. The van der Waals surface area contributed by atoms with E-state index in [0.717, 1.165) is 16.9 Å². The van der Waals surface area contributed by atoms with Crippen molar-refractivity contribution in [3.8, 4) is 22.6 Å². The summed E-state index contributed by atoms with van der Waals surface area (Å²) in [6.45, 7) is 0.974. The van der Waals surface area contributed by atoms with E-state index in [1.165, 1.54) is 22.8 Å². The molecule has 0 radical (unpaired) electrons. The van der Waals surface area contributed by atoms with E-state index in [1.807, 2.05) is 36.0 Å². The third-order valence-electron chi connectivity index (χ3n) is 6.39. The summed E-state index contributed by atoms with van der Waals surface area (Å²) in [5, 5.41) is 15.9. The fraction of sp³-hybridized carbons (Fsp3) is 0.200. The number of halogens is 4. The van der Waals surface area contributed by atoms with Crippen LogP contribution < -0.4 is 5.32 Å². The van der Waals surface area contributed by atoms with Crippen LogP contribution in [0, 0.1) is 0 Å². The van der Waals surface area contributed by atoms with Crippen LogP contribution in [0.5, 0.6) is 0 Å². The second-order valence-corrected chi connectivity index (χ2v) is 9.54. The van der Waals surface area contributed by atoms with Crippen LogP contribution in [0.4, 0.5) is 20.4 Å². The van der Waals surface area contributed by atoms with Crippen molar-refractivity contribution in [1.29, 1.82) is 0 Å². The van der Waals surface area contributed by atoms with Crippen LogP contribution in [0.15, 0.2) is 61.1 Å². The number of aryl methyl sites for hydroxylation is 2. The lowest BCUT2D eigenvalue weighted by Gasteiger charge is -2.18. The van der Waals surface area contributed by atoms with Crippen LogP contribution in [0.25, 0.3) is 22.6 Å². The van der Waals surface area contributed by atoms with Gasteiger partial charge in [-0.15, -0.1) is 10.2 Å². The Morgan fingerprint density at radius 3 is 2.65 bits per heavy atom. The van der Waals surface area contributed by atoms with Gasteiger partial charge in [-0.2, -0.15) is 13.9 Å². The Labute approximate surface area is 220 Å². The molecule has 6 rings (SSSR count). The average Bonchev–Trinajstić information content (AvgIpc) is 3.57. The van der Waals surface area contributed by atoms with E-state index in [0.29, 0.717) is 41.9 Å². The molecule has 0 saturated heterocycles. The molecule has 0 unspecified atom stereocenters. The van der Waals surface area contributed by atoms with Crippen molar-refractivity contribution in [2.75, 3.05) is 5.32 Å². The van der Waals surface area contributed by atoms with Gasteiger partial charge in [0.1, 0.15) is 11.6 Å². The number of benzene rings is 1. The van der Waals surface area contributed by atoms with E-state index in [4.69, 9.17) is 23.2 Å². The predicted molar refractivity (Wildman–Crippen MR) is 137 cm³/mol. The largest absolute Gasteiger partial charge is 0.344 e. The normalized spacial score (nSPS) is 13.2. The molecule has 1 N–H and O–H groups in total. The highest BCUT2D eigenvalue weighted by atomic mass is 35.5. The van der Waals surface area contributed by atoms with Gasteiger partial charge in [-0.25, -0.2) is 4.98 Å². The molecular formula is C25H20Cl2F2N8.